The lowest BCUT2D eigenvalue weighted by Gasteiger charge is -2.38. The Kier molecular flexibility index (Phi) is 6.52. The van der Waals surface area contributed by atoms with Crippen molar-refractivity contribution < 1.29 is 9.21 Å². The Morgan fingerprint density at radius 3 is 2.55 bits per heavy atom. The van der Waals surface area contributed by atoms with Crippen LogP contribution >= 0.6 is 0 Å². The zero-order valence-electron chi connectivity index (χ0n) is 18.3. The zero-order valence-corrected chi connectivity index (χ0v) is 18.3. The van der Waals surface area contributed by atoms with Crippen LogP contribution in [0.4, 0.5) is 0 Å². The number of hydrogen-bond donors (Lipinski definition) is 0. The molecular weight excluding hydrogens is 388 g/mol. The van der Waals surface area contributed by atoms with Crippen molar-refractivity contribution in [3.05, 3.63) is 81.7 Å². The monoisotopic (exact) mass is 418 g/mol. The molecule has 31 heavy (non-hydrogen) atoms. The standard InChI is InChI=1S/C26H30N2O3/c1-3-13-28(18-21-17-25(29)31-24-16-19(2)9-10-23(21)24)22-11-14-27(15-12-22)26(30)20-7-5-4-6-8-20/h4-10,16-17,22H,3,11-15,18H2,1-2H3. The molecule has 162 valence electrons. The maximum atomic E-state index is 12.8. The molecule has 3 aromatic rings. The Bertz CT molecular complexity index is 1100. The number of nitrogens with zero attached hydrogens (tertiary/aromatic N) is 2. The topological polar surface area (TPSA) is 53.8 Å². The van der Waals surface area contributed by atoms with E-state index >= 15 is 0 Å². The number of likely N-dealkylation sites (tertiary alicyclic amines) is 1. The van der Waals surface area contributed by atoms with Gasteiger partial charge in [0.25, 0.3) is 5.91 Å². The molecule has 4 rings (SSSR count). The highest BCUT2D eigenvalue weighted by molar-refractivity contribution is 5.94. The molecule has 0 bridgehead atoms. The lowest BCUT2D eigenvalue weighted by atomic mass is 10.00. The van der Waals surface area contributed by atoms with E-state index in [1.54, 1.807) is 6.07 Å². The van der Waals surface area contributed by atoms with Gasteiger partial charge in [0.2, 0.25) is 0 Å². The average Bonchev–Trinajstić information content (AvgIpc) is 2.78. The second-order valence-electron chi connectivity index (χ2n) is 8.45. The number of rotatable bonds is 6. The molecule has 1 aliphatic rings. The molecule has 0 N–H and O–H groups in total. The van der Waals surface area contributed by atoms with Gasteiger partial charge in [0, 0.05) is 42.7 Å². The van der Waals surface area contributed by atoms with E-state index in [9.17, 15) is 9.59 Å². The Labute approximate surface area is 183 Å². The van der Waals surface area contributed by atoms with Gasteiger partial charge in [0.15, 0.2) is 0 Å². The third-order valence-corrected chi connectivity index (χ3v) is 6.16. The average molecular weight is 419 g/mol. The van der Waals surface area contributed by atoms with Crippen molar-refractivity contribution >= 4 is 16.9 Å². The molecule has 1 fully saturated rings. The van der Waals surface area contributed by atoms with E-state index in [4.69, 9.17) is 4.42 Å². The molecule has 1 aliphatic heterocycles. The van der Waals surface area contributed by atoms with Gasteiger partial charge in [-0.05, 0) is 62.1 Å². The normalized spacial score (nSPS) is 15.0. The summed E-state index contributed by atoms with van der Waals surface area (Å²) in [5.74, 6) is 0.114. The van der Waals surface area contributed by atoms with Crippen molar-refractivity contribution in [2.75, 3.05) is 19.6 Å². The number of benzene rings is 2. The first-order valence-corrected chi connectivity index (χ1v) is 11.2. The van der Waals surface area contributed by atoms with Crippen molar-refractivity contribution in [2.24, 2.45) is 0 Å². The lowest BCUT2D eigenvalue weighted by molar-refractivity contribution is 0.0607. The maximum absolute atomic E-state index is 12.8. The zero-order chi connectivity index (χ0) is 21.8. The van der Waals surface area contributed by atoms with Crippen LogP contribution in [0, 0.1) is 6.92 Å². The summed E-state index contributed by atoms with van der Waals surface area (Å²) in [6.07, 6.45) is 2.93. The molecule has 5 heteroatoms. The predicted octanol–water partition coefficient (Wildman–Crippen LogP) is 4.62. The quantitative estimate of drug-likeness (QED) is 0.548. The van der Waals surface area contributed by atoms with Crippen LogP contribution in [0.1, 0.15) is 47.7 Å². The minimum atomic E-state index is -0.298. The number of carbonyl (C=O) groups excluding carboxylic acids is 1. The van der Waals surface area contributed by atoms with Crippen molar-refractivity contribution in [2.45, 2.75) is 45.7 Å². The van der Waals surface area contributed by atoms with Crippen molar-refractivity contribution in [1.29, 1.82) is 0 Å². The molecule has 1 aromatic heterocycles. The molecular formula is C26H30N2O3. The summed E-state index contributed by atoms with van der Waals surface area (Å²) in [7, 11) is 0. The fraction of sp³-hybridized carbons (Fsp3) is 0.385. The number of amides is 1. The largest absolute Gasteiger partial charge is 0.423 e. The van der Waals surface area contributed by atoms with Crippen LogP contribution in [-0.2, 0) is 6.54 Å². The third-order valence-electron chi connectivity index (χ3n) is 6.16. The third kappa shape index (κ3) is 4.88. The van der Waals surface area contributed by atoms with Crippen LogP contribution < -0.4 is 5.63 Å². The predicted molar refractivity (Wildman–Crippen MR) is 123 cm³/mol. The first-order valence-electron chi connectivity index (χ1n) is 11.2. The summed E-state index contributed by atoms with van der Waals surface area (Å²) in [5.41, 5.74) is 3.20. The summed E-state index contributed by atoms with van der Waals surface area (Å²) < 4.78 is 5.43. The first kappa shape index (κ1) is 21.3. The van der Waals surface area contributed by atoms with Gasteiger partial charge in [-0.3, -0.25) is 9.69 Å². The molecule has 0 unspecified atom stereocenters. The number of fused-ring (bicyclic) bond motifs is 1. The Balaban J connectivity index is 1.49. The highest BCUT2D eigenvalue weighted by Gasteiger charge is 2.27. The van der Waals surface area contributed by atoms with E-state index in [-0.39, 0.29) is 11.5 Å². The Morgan fingerprint density at radius 1 is 1.10 bits per heavy atom. The van der Waals surface area contributed by atoms with Crippen LogP contribution in [0.25, 0.3) is 11.0 Å². The molecule has 0 radical (unpaired) electrons. The van der Waals surface area contributed by atoms with Crippen LogP contribution in [0.15, 0.2) is 63.8 Å². The fourth-order valence-corrected chi connectivity index (χ4v) is 4.56. The number of piperidine rings is 1. The maximum Gasteiger partial charge on any atom is 0.336 e. The molecule has 0 saturated carbocycles. The van der Waals surface area contributed by atoms with E-state index in [2.05, 4.69) is 17.9 Å². The molecule has 0 atom stereocenters. The van der Waals surface area contributed by atoms with E-state index < -0.39 is 0 Å². The van der Waals surface area contributed by atoms with Gasteiger partial charge in [-0.2, -0.15) is 0 Å². The summed E-state index contributed by atoms with van der Waals surface area (Å²) >= 11 is 0. The smallest absolute Gasteiger partial charge is 0.336 e. The second kappa shape index (κ2) is 9.48. The minimum absolute atomic E-state index is 0.114. The van der Waals surface area contributed by atoms with Gasteiger partial charge < -0.3 is 9.32 Å². The minimum Gasteiger partial charge on any atom is -0.423 e. The highest BCUT2D eigenvalue weighted by Crippen LogP contribution is 2.24. The number of aryl methyl sites for hydroxylation is 1. The van der Waals surface area contributed by atoms with Crippen LogP contribution in [-0.4, -0.2) is 41.4 Å². The second-order valence-corrected chi connectivity index (χ2v) is 8.45. The summed E-state index contributed by atoms with van der Waals surface area (Å²) in [6.45, 7) is 7.38. The summed E-state index contributed by atoms with van der Waals surface area (Å²) in [6, 6.07) is 17.6. The molecule has 1 saturated heterocycles. The van der Waals surface area contributed by atoms with Crippen molar-refractivity contribution in [3.8, 4) is 0 Å². The molecule has 5 nitrogen and oxygen atoms in total. The van der Waals surface area contributed by atoms with Gasteiger partial charge >= 0.3 is 5.63 Å². The van der Waals surface area contributed by atoms with Gasteiger partial charge in [-0.15, -0.1) is 0 Å². The van der Waals surface area contributed by atoms with Gasteiger partial charge in [-0.25, -0.2) is 4.79 Å². The van der Waals surface area contributed by atoms with Crippen molar-refractivity contribution in [1.82, 2.24) is 9.80 Å². The summed E-state index contributed by atoms with van der Waals surface area (Å²) in [5, 5.41) is 1.00. The van der Waals surface area contributed by atoms with Gasteiger partial charge in [0.05, 0.1) is 0 Å². The Morgan fingerprint density at radius 2 is 1.84 bits per heavy atom. The lowest BCUT2D eigenvalue weighted by Crippen LogP contribution is -2.46. The highest BCUT2D eigenvalue weighted by atomic mass is 16.4. The van der Waals surface area contributed by atoms with Gasteiger partial charge in [-0.1, -0.05) is 37.3 Å². The molecule has 0 aliphatic carbocycles. The van der Waals surface area contributed by atoms with E-state index in [0.29, 0.717) is 11.6 Å². The summed E-state index contributed by atoms with van der Waals surface area (Å²) in [4.78, 5) is 29.4. The molecule has 1 amide bonds. The number of carbonyl (C=O) groups is 1. The van der Waals surface area contributed by atoms with Crippen LogP contribution in [0.3, 0.4) is 0 Å². The molecule has 2 heterocycles. The molecule has 0 spiro atoms. The molecule has 2 aromatic carbocycles. The fourth-order valence-electron chi connectivity index (χ4n) is 4.56. The van der Waals surface area contributed by atoms with E-state index in [0.717, 1.165) is 67.5 Å². The number of hydrogen-bond acceptors (Lipinski definition) is 4. The van der Waals surface area contributed by atoms with E-state index in [1.165, 1.54) is 0 Å². The first-order chi connectivity index (χ1) is 15.0. The Hall–Kier alpha value is -2.92. The SMILES string of the molecule is CCCN(Cc1cc(=O)oc2cc(C)ccc12)C1CCN(C(=O)c2ccccc2)CC1. The van der Waals surface area contributed by atoms with Crippen LogP contribution in [0.5, 0.6) is 0 Å². The van der Waals surface area contributed by atoms with Crippen LogP contribution in [0.2, 0.25) is 0 Å². The van der Waals surface area contributed by atoms with Crippen molar-refractivity contribution in [3.63, 3.8) is 0 Å². The van der Waals surface area contributed by atoms with Gasteiger partial charge in [0.1, 0.15) is 5.58 Å². The van der Waals surface area contributed by atoms with E-state index in [1.807, 2.05) is 54.3 Å².